The molecule has 0 aliphatic carbocycles. The molecule has 0 saturated carbocycles. The Morgan fingerprint density at radius 2 is 2.03 bits per heavy atom. The lowest BCUT2D eigenvalue weighted by atomic mass is 10.0. The second kappa shape index (κ2) is 9.23. The standard InChI is InChI=1S/C20H24F3N3O2S/c1-13(2)17(26-6-8-28-9-7-26)11-24-18(27)16-12-29-19(25-16)14-4-3-5-15(10-14)20(21,22)23/h3-5,10,12-13,17H,6-9,11H2,1-2H3,(H,24,27). The molecule has 2 heterocycles. The SMILES string of the molecule is CC(C)C(CNC(=O)c1csc(-c2cccc(C(F)(F)F)c2)n1)N1CCOCC1. The van der Waals surface area contributed by atoms with Gasteiger partial charge in [0.05, 0.1) is 18.8 Å². The predicted molar refractivity (Wildman–Crippen MR) is 106 cm³/mol. The molecule has 1 amide bonds. The summed E-state index contributed by atoms with van der Waals surface area (Å²) in [5.74, 6) is 0.0305. The molecule has 0 bridgehead atoms. The van der Waals surface area contributed by atoms with Crippen molar-refractivity contribution in [1.82, 2.24) is 15.2 Å². The molecule has 1 aromatic carbocycles. The lowest BCUT2D eigenvalue weighted by molar-refractivity contribution is -0.137. The van der Waals surface area contributed by atoms with Crippen molar-refractivity contribution in [3.8, 4) is 10.6 Å². The van der Waals surface area contributed by atoms with Gasteiger partial charge in [-0.1, -0.05) is 26.0 Å². The molecule has 0 spiro atoms. The molecule has 1 saturated heterocycles. The first kappa shape index (κ1) is 21.7. The summed E-state index contributed by atoms with van der Waals surface area (Å²) >= 11 is 1.15. The fourth-order valence-electron chi connectivity index (χ4n) is 3.32. The number of alkyl halides is 3. The van der Waals surface area contributed by atoms with Crippen molar-refractivity contribution >= 4 is 17.2 Å². The normalized spacial score (nSPS) is 16.8. The second-order valence-electron chi connectivity index (χ2n) is 7.29. The topological polar surface area (TPSA) is 54.5 Å². The first-order chi connectivity index (χ1) is 13.8. The Kier molecular flexibility index (Phi) is 6.92. The molecule has 1 atom stereocenters. The number of amides is 1. The fraction of sp³-hybridized carbons (Fsp3) is 0.500. The predicted octanol–water partition coefficient (Wildman–Crippen LogP) is 3.92. The highest BCUT2D eigenvalue weighted by atomic mass is 32.1. The highest BCUT2D eigenvalue weighted by Crippen LogP contribution is 2.33. The number of nitrogens with one attached hydrogen (secondary N) is 1. The first-order valence-electron chi connectivity index (χ1n) is 9.49. The van der Waals surface area contributed by atoms with Gasteiger partial charge >= 0.3 is 6.18 Å². The van der Waals surface area contributed by atoms with Gasteiger partial charge in [-0.3, -0.25) is 9.69 Å². The number of halogens is 3. The van der Waals surface area contributed by atoms with E-state index in [2.05, 4.69) is 29.0 Å². The number of carbonyl (C=O) groups excluding carboxylic acids is 1. The van der Waals surface area contributed by atoms with E-state index in [4.69, 9.17) is 4.74 Å². The number of nitrogens with zero attached hydrogens (tertiary/aromatic N) is 2. The molecule has 5 nitrogen and oxygen atoms in total. The van der Waals surface area contributed by atoms with Crippen LogP contribution in [0.2, 0.25) is 0 Å². The summed E-state index contributed by atoms with van der Waals surface area (Å²) in [4.78, 5) is 19.1. The molecule has 1 unspecified atom stereocenters. The highest BCUT2D eigenvalue weighted by Gasteiger charge is 2.30. The van der Waals surface area contributed by atoms with Crippen LogP contribution in [0.3, 0.4) is 0 Å². The summed E-state index contributed by atoms with van der Waals surface area (Å²) in [5, 5.41) is 4.88. The van der Waals surface area contributed by atoms with Gasteiger partial charge < -0.3 is 10.1 Å². The minimum atomic E-state index is -4.42. The number of morpholine rings is 1. The molecule has 1 aliphatic heterocycles. The number of rotatable bonds is 6. The van der Waals surface area contributed by atoms with E-state index in [0.29, 0.717) is 36.2 Å². The molecule has 29 heavy (non-hydrogen) atoms. The van der Waals surface area contributed by atoms with Crippen LogP contribution in [0.4, 0.5) is 13.2 Å². The molecule has 0 radical (unpaired) electrons. The van der Waals surface area contributed by atoms with Crippen molar-refractivity contribution in [2.24, 2.45) is 5.92 Å². The Morgan fingerprint density at radius 3 is 2.69 bits per heavy atom. The van der Waals surface area contributed by atoms with Crippen LogP contribution < -0.4 is 5.32 Å². The number of aromatic nitrogens is 1. The maximum absolute atomic E-state index is 12.9. The molecule has 1 aliphatic rings. The van der Waals surface area contributed by atoms with E-state index in [9.17, 15) is 18.0 Å². The van der Waals surface area contributed by atoms with Crippen molar-refractivity contribution in [1.29, 1.82) is 0 Å². The number of hydrogen-bond donors (Lipinski definition) is 1. The summed E-state index contributed by atoms with van der Waals surface area (Å²) in [6.45, 7) is 7.73. The molecule has 9 heteroatoms. The minimum absolute atomic E-state index is 0.185. The molecule has 1 N–H and O–H groups in total. The van der Waals surface area contributed by atoms with Crippen LogP contribution in [0.25, 0.3) is 10.6 Å². The molecular formula is C20H24F3N3O2S. The van der Waals surface area contributed by atoms with Gasteiger partial charge in [-0.15, -0.1) is 11.3 Å². The molecule has 158 valence electrons. The number of ether oxygens (including phenoxy) is 1. The molecule has 3 rings (SSSR count). The highest BCUT2D eigenvalue weighted by molar-refractivity contribution is 7.13. The zero-order valence-electron chi connectivity index (χ0n) is 16.3. The van der Waals surface area contributed by atoms with Crippen LogP contribution in [0.15, 0.2) is 29.6 Å². The lowest BCUT2D eigenvalue weighted by Crippen LogP contribution is -2.51. The Hall–Kier alpha value is -1.97. The smallest absolute Gasteiger partial charge is 0.379 e. The molecule has 1 fully saturated rings. The summed E-state index contributed by atoms with van der Waals surface area (Å²) in [5.41, 5.74) is -0.175. The van der Waals surface area contributed by atoms with Crippen LogP contribution in [-0.4, -0.2) is 54.7 Å². The third kappa shape index (κ3) is 5.55. The Balaban J connectivity index is 1.66. The van der Waals surface area contributed by atoms with Gasteiger partial charge in [-0.25, -0.2) is 4.98 Å². The van der Waals surface area contributed by atoms with Gasteiger partial charge in [-0.05, 0) is 18.1 Å². The van der Waals surface area contributed by atoms with E-state index in [0.717, 1.165) is 36.6 Å². The Morgan fingerprint density at radius 1 is 1.31 bits per heavy atom. The van der Waals surface area contributed by atoms with Crippen molar-refractivity contribution in [3.05, 3.63) is 40.9 Å². The van der Waals surface area contributed by atoms with E-state index >= 15 is 0 Å². The lowest BCUT2D eigenvalue weighted by Gasteiger charge is -2.36. The summed E-state index contributed by atoms with van der Waals surface area (Å²) in [6.07, 6.45) is -4.42. The average molecular weight is 427 g/mol. The maximum atomic E-state index is 12.9. The molecule has 1 aromatic heterocycles. The third-order valence-electron chi connectivity index (χ3n) is 4.93. The number of benzene rings is 1. The number of carbonyl (C=O) groups is 1. The number of hydrogen-bond acceptors (Lipinski definition) is 5. The number of thiazole rings is 1. The summed E-state index contributed by atoms with van der Waals surface area (Å²) in [7, 11) is 0. The van der Waals surface area contributed by atoms with Crippen molar-refractivity contribution in [2.45, 2.75) is 26.1 Å². The zero-order chi connectivity index (χ0) is 21.0. The monoisotopic (exact) mass is 427 g/mol. The Bertz CT molecular complexity index is 832. The molecular weight excluding hydrogens is 403 g/mol. The van der Waals surface area contributed by atoms with Crippen molar-refractivity contribution in [2.75, 3.05) is 32.8 Å². The van der Waals surface area contributed by atoms with E-state index in [-0.39, 0.29) is 17.6 Å². The average Bonchev–Trinajstić information content (AvgIpc) is 3.18. The second-order valence-corrected chi connectivity index (χ2v) is 8.14. The van der Waals surface area contributed by atoms with Gasteiger partial charge in [-0.2, -0.15) is 13.2 Å². The van der Waals surface area contributed by atoms with Crippen LogP contribution in [-0.2, 0) is 10.9 Å². The quantitative estimate of drug-likeness (QED) is 0.759. The zero-order valence-corrected chi connectivity index (χ0v) is 17.1. The third-order valence-corrected chi connectivity index (χ3v) is 5.82. The van der Waals surface area contributed by atoms with E-state index < -0.39 is 11.7 Å². The van der Waals surface area contributed by atoms with E-state index in [1.54, 1.807) is 11.4 Å². The van der Waals surface area contributed by atoms with Gasteiger partial charge in [0.1, 0.15) is 10.7 Å². The maximum Gasteiger partial charge on any atom is 0.416 e. The van der Waals surface area contributed by atoms with E-state index in [1.807, 2.05) is 0 Å². The minimum Gasteiger partial charge on any atom is -0.379 e. The van der Waals surface area contributed by atoms with Gasteiger partial charge in [0, 0.05) is 36.6 Å². The summed E-state index contributed by atoms with van der Waals surface area (Å²) < 4.78 is 44.1. The first-order valence-corrected chi connectivity index (χ1v) is 10.4. The van der Waals surface area contributed by atoms with Crippen LogP contribution in [0.1, 0.15) is 29.9 Å². The van der Waals surface area contributed by atoms with Crippen molar-refractivity contribution in [3.63, 3.8) is 0 Å². The molecule has 2 aromatic rings. The van der Waals surface area contributed by atoms with E-state index in [1.165, 1.54) is 6.07 Å². The van der Waals surface area contributed by atoms with Crippen LogP contribution >= 0.6 is 11.3 Å². The van der Waals surface area contributed by atoms with Gasteiger partial charge in [0.15, 0.2) is 0 Å². The van der Waals surface area contributed by atoms with Crippen molar-refractivity contribution < 1.29 is 22.7 Å². The Labute approximate surface area is 171 Å². The van der Waals surface area contributed by atoms with Gasteiger partial charge in [0.25, 0.3) is 5.91 Å². The van der Waals surface area contributed by atoms with Gasteiger partial charge in [0.2, 0.25) is 0 Å². The summed E-state index contributed by atoms with van der Waals surface area (Å²) in [6, 6.07) is 5.15. The fourth-order valence-corrected chi connectivity index (χ4v) is 4.12. The van der Waals surface area contributed by atoms with Crippen LogP contribution in [0, 0.1) is 5.92 Å². The van der Waals surface area contributed by atoms with Crippen LogP contribution in [0.5, 0.6) is 0 Å². The largest absolute Gasteiger partial charge is 0.416 e.